The van der Waals surface area contributed by atoms with Crippen LogP contribution < -0.4 is 20.2 Å². The number of nitrogens with zero attached hydrogens (tertiary/aromatic N) is 1. The van der Waals surface area contributed by atoms with Gasteiger partial charge in [0.25, 0.3) is 0 Å². The van der Waals surface area contributed by atoms with Crippen LogP contribution in [0.3, 0.4) is 0 Å². The second-order valence-corrected chi connectivity index (χ2v) is 5.70. The minimum absolute atomic E-state index is 0.301. The van der Waals surface area contributed by atoms with Crippen LogP contribution in [0, 0.1) is 6.92 Å². The minimum atomic E-state index is -1.08. The Morgan fingerprint density at radius 1 is 1.15 bits per heavy atom. The van der Waals surface area contributed by atoms with Crippen molar-refractivity contribution < 1.29 is 24.2 Å². The van der Waals surface area contributed by atoms with E-state index in [0.717, 1.165) is 5.56 Å². The van der Waals surface area contributed by atoms with Gasteiger partial charge >= 0.3 is 12.0 Å². The number of hydrazone groups is 1. The summed E-state index contributed by atoms with van der Waals surface area (Å²) < 4.78 is 10.5. The molecular weight excluding hydrogens is 350 g/mol. The third-order valence-corrected chi connectivity index (χ3v) is 3.53. The Kier molecular flexibility index (Phi) is 6.76. The van der Waals surface area contributed by atoms with E-state index in [-0.39, 0.29) is 0 Å². The molecule has 27 heavy (non-hydrogen) atoms. The van der Waals surface area contributed by atoms with Crippen LogP contribution >= 0.6 is 0 Å². The fourth-order valence-electron chi connectivity index (χ4n) is 2.06. The van der Waals surface area contributed by atoms with Crippen LogP contribution in [0.2, 0.25) is 0 Å². The molecular formula is C19H21N3O5. The summed E-state index contributed by atoms with van der Waals surface area (Å²) in [6, 6.07) is 11.7. The number of carbonyl (C=O) groups is 2. The van der Waals surface area contributed by atoms with Crippen molar-refractivity contribution in [2.75, 3.05) is 12.4 Å². The Morgan fingerprint density at radius 3 is 2.48 bits per heavy atom. The van der Waals surface area contributed by atoms with E-state index in [1.54, 1.807) is 30.3 Å². The number of carboxylic acids is 1. The normalized spacial score (nSPS) is 11.7. The minimum Gasteiger partial charge on any atom is -0.493 e. The highest BCUT2D eigenvalue weighted by molar-refractivity contribution is 5.90. The maximum atomic E-state index is 11.8. The van der Waals surface area contributed by atoms with Crippen molar-refractivity contribution in [2.45, 2.75) is 20.0 Å². The monoisotopic (exact) mass is 371 g/mol. The molecule has 2 rings (SSSR count). The number of aryl methyl sites for hydroxylation is 1. The van der Waals surface area contributed by atoms with E-state index < -0.39 is 18.1 Å². The number of ether oxygens (including phenoxy) is 2. The predicted molar refractivity (Wildman–Crippen MR) is 102 cm³/mol. The molecule has 0 saturated carbocycles. The number of urea groups is 1. The van der Waals surface area contributed by atoms with Gasteiger partial charge in [0.15, 0.2) is 17.6 Å². The zero-order valence-corrected chi connectivity index (χ0v) is 15.2. The Balaban J connectivity index is 1.96. The van der Waals surface area contributed by atoms with Crippen LogP contribution in [0.4, 0.5) is 10.5 Å². The molecule has 0 fully saturated rings. The Morgan fingerprint density at radius 2 is 1.85 bits per heavy atom. The molecule has 8 heteroatoms. The second kappa shape index (κ2) is 9.23. The van der Waals surface area contributed by atoms with Crippen molar-refractivity contribution in [1.29, 1.82) is 0 Å². The van der Waals surface area contributed by atoms with Gasteiger partial charge in [0, 0.05) is 5.69 Å². The summed E-state index contributed by atoms with van der Waals surface area (Å²) in [7, 11) is 1.45. The number of methoxy groups -OCH3 is 1. The molecule has 0 aliphatic rings. The number of aliphatic carboxylic acids is 1. The van der Waals surface area contributed by atoms with Crippen LogP contribution in [-0.2, 0) is 4.79 Å². The molecule has 0 radical (unpaired) electrons. The standard InChI is InChI=1S/C19H21N3O5/c1-12-4-7-15(8-5-12)21-19(25)22-20-11-14-6-9-16(17(10-14)26-3)27-13(2)18(23)24/h4-11,13H,1-3H3,(H,23,24)(H2,21,22,25)/b20-11+/t13-/m0/s1. The lowest BCUT2D eigenvalue weighted by molar-refractivity contribution is -0.144. The van der Waals surface area contributed by atoms with Crippen molar-refractivity contribution >= 4 is 23.9 Å². The van der Waals surface area contributed by atoms with Gasteiger partial charge in [-0.05, 0) is 49.7 Å². The summed E-state index contributed by atoms with van der Waals surface area (Å²) >= 11 is 0. The highest BCUT2D eigenvalue weighted by Gasteiger charge is 2.15. The van der Waals surface area contributed by atoms with Crippen LogP contribution in [-0.4, -0.2) is 36.5 Å². The Labute approximate surface area is 156 Å². The van der Waals surface area contributed by atoms with Crippen molar-refractivity contribution in [1.82, 2.24) is 5.43 Å². The summed E-state index contributed by atoms with van der Waals surface area (Å²) in [5.74, 6) is -0.419. The summed E-state index contributed by atoms with van der Waals surface area (Å²) in [5.41, 5.74) is 4.75. The van der Waals surface area contributed by atoms with Gasteiger partial charge in [-0.25, -0.2) is 15.0 Å². The molecule has 2 amide bonds. The quantitative estimate of drug-likeness (QED) is 0.512. The van der Waals surface area contributed by atoms with E-state index in [4.69, 9.17) is 14.6 Å². The number of amides is 2. The largest absolute Gasteiger partial charge is 0.493 e. The molecule has 0 unspecified atom stereocenters. The number of benzene rings is 2. The topological polar surface area (TPSA) is 109 Å². The first-order valence-electron chi connectivity index (χ1n) is 8.13. The third-order valence-electron chi connectivity index (χ3n) is 3.53. The highest BCUT2D eigenvalue weighted by Crippen LogP contribution is 2.28. The SMILES string of the molecule is COc1cc(/C=N/NC(=O)Nc2ccc(C)cc2)ccc1O[C@@H](C)C(=O)O. The van der Waals surface area contributed by atoms with Gasteiger partial charge in [-0.3, -0.25) is 0 Å². The van der Waals surface area contributed by atoms with Gasteiger partial charge < -0.3 is 19.9 Å². The highest BCUT2D eigenvalue weighted by atomic mass is 16.5. The van der Waals surface area contributed by atoms with E-state index in [9.17, 15) is 9.59 Å². The third kappa shape index (κ3) is 6.03. The van der Waals surface area contributed by atoms with Crippen molar-refractivity contribution in [2.24, 2.45) is 5.10 Å². The number of hydrogen-bond donors (Lipinski definition) is 3. The maximum absolute atomic E-state index is 11.8. The van der Waals surface area contributed by atoms with Crippen LogP contribution in [0.15, 0.2) is 47.6 Å². The number of nitrogens with one attached hydrogen (secondary N) is 2. The van der Waals surface area contributed by atoms with Gasteiger partial charge in [0.05, 0.1) is 13.3 Å². The van der Waals surface area contributed by atoms with Crippen LogP contribution in [0.5, 0.6) is 11.5 Å². The average molecular weight is 371 g/mol. The second-order valence-electron chi connectivity index (χ2n) is 5.70. The van der Waals surface area contributed by atoms with E-state index in [1.807, 2.05) is 19.1 Å². The molecule has 142 valence electrons. The molecule has 0 aliphatic carbocycles. The first-order valence-corrected chi connectivity index (χ1v) is 8.13. The molecule has 0 heterocycles. The number of anilines is 1. The molecule has 8 nitrogen and oxygen atoms in total. The first kappa shape index (κ1) is 19.8. The molecule has 0 aliphatic heterocycles. The fourth-order valence-corrected chi connectivity index (χ4v) is 2.06. The number of hydrogen-bond acceptors (Lipinski definition) is 5. The summed E-state index contributed by atoms with van der Waals surface area (Å²) in [6.07, 6.45) is 0.423. The zero-order chi connectivity index (χ0) is 19.8. The molecule has 2 aromatic carbocycles. The molecule has 3 N–H and O–H groups in total. The lowest BCUT2D eigenvalue weighted by Gasteiger charge is -2.14. The molecule has 2 aromatic rings. The van der Waals surface area contributed by atoms with Gasteiger partial charge in [0.2, 0.25) is 0 Å². The summed E-state index contributed by atoms with van der Waals surface area (Å²) in [5, 5.41) is 15.4. The number of carbonyl (C=O) groups excluding carboxylic acids is 1. The van der Waals surface area contributed by atoms with E-state index in [1.165, 1.54) is 20.2 Å². The van der Waals surface area contributed by atoms with E-state index in [2.05, 4.69) is 15.8 Å². The van der Waals surface area contributed by atoms with Gasteiger partial charge in [-0.1, -0.05) is 17.7 Å². The van der Waals surface area contributed by atoms with Gasteiger partial charge in [0.1, 0.15) is 0 Å². The molecule has 1 atom stereocenters. The molecule has 0 spiro atoms. The first-order chi connectivity index (χ1) is 12.9. The van der Waals surface area contributed by atoms with Crippen molar-refractivity contribution in [3.8, 4) is 11.5 Å². The van der Waals surface area contributed by atoms with Gasteiger partial charge in [-0.15, -0.1) is 0 Å². The lowest BCUT2D eigenvalue weighted by Crippen LogP contribution is -2.24. The van der Waals surface area contributed by atoms with E-state index in [0.29, 0.717) is 22.7 Å². The Hall–Kier alpha value is -3.55. The molecule has 0 bridgehead atoms. The number of carboxylic acid groups (broad SMARTS) is 1. The fraction of sp³-hybridized carbons (Fsp3) is 0.211. The molecule has 0 saturated heterocycles. The summed E-state index contributed by atoms with van der Waals surface area (Å²) in [4.78, 5) is 22.7. The zero-order valence-electron chi connectivity index (χ0n) is 15.2. The van der Waals surface area contributed by atoms with Gasteiger partial charge in [-0.2, -0.15) is 5.10 Å². The number of rotatable bonds is 7. The van der Waals surface area contributed by atoms with E-state index >= 15 is 0 Å². The van der Waals surface area contributed by atoms with Crippen molar-refractivity contribution in [3.63, 3.8) is 0 Å². The van der Waals surface area contributed by atoms with Crippen molar-refractivity contribution in [3.05, 3.63) is 53.6 Å². The lowest BCUT2D eigenvalue weighted by atomic mass is 10.2. The van der Waals surface area contributed by atoms with Crippen LogP contribution in [0.25, 0.3) is 0 Å². The average Bonchev–Trinajstić information content (AvgIpc) is 2.64. The predicted octanol–water partition coefficient (Wildman–Crippen LogP) is 3.01. The smallest absolute Gasteiger partial charge is 0.344 e. The maximum Gasteiger partial charge on any atom is 0.344 e. The Bertz CT molecular complexity index is 834. The molecule has 0 aromatic heterocycles. The van der Waals surface area contributed by atoms with Crippen LogP contribution in [0.1, 0.15) is 18.1 Å². The summed E-state index contributed by atoms with van der Waals surface area (Å²) in [6.45, 7) is 3.38.